The maximum atomic E-state index is 11.9. The lowest BCUT2D eigenvalue weighted by atomic mass is 10.2. The molecule has 4 nitrogen and oxygen atoms in total. The molecule has 0 saturated heterocycles. The van der Waals surface area contributed by atoms with E-state index in [1.807, 2.05) is 54.6 Å². The fourth-order valence-corrected chi connectivity index (χ4v) is 2.06. The van der Waals surface area contributed by atoms with Gasteiger partial charge in [-0.25, -0.2) is 0 Å². The second kappa shape index (κ2) is 8.97. The van der Waals surface area contributed by atoms with Gasteiger partial charge in [-0.3, -0.25) is 4.79 Å². The molecule has 0 fully saturated rings. The Labute approximate surface area is 131 Å². The average molecular weight is 298 g/mol. The first-order chi connectivity index (χ1) is 10.8. The largest absolute Gasteiger partial charge is 0.367 e. The number of ether oxygens (including phenoxy) is 1. The van der Waals surface area contributed by atoms with Crippen LogP contribution in [0.4, 0.5) is 5.69 Å². The van der Waals surface area contributed by atoms with E-state index in [1.165, 1.54) is 0 Å². The monoisotopic (exact) mass is 298 g/mol. The number of rotatable bonds is 8. The summed E-state index contributed by atoms with van der Waals surface area (Å²) in [7, 11) is 0. The van der Waals surface area contributed by atoms with Gasteiger partial charge in [0.05, 0.1) is 6.61 Å². The quantitative estimate of drug-likeness (QED) is 0.788. The van der Waals surface area contributed by atoms with Gasteiger partial charge in [-0.1, -0.05) is 49.4 Å². The summed E-state index contributed by atoms with van der Waals surface area (Å²) in [6.45, 7) is 4.27. The molecule has 2 aromatic carbocycles. The Balaban J connectivity index is 1.77. The molecule has 2 aromatic rings. The molecule has 0 bridgehead atoms. The summed E-state index contributed by atoms with van der Waals surface area (Å²) in [6, 6.07) is 17.6. The van der Waals surface area contributed by atoms with Crippen LogP contribution in [-0.4, -0.2) is 19.1 Å². The summed E-state index contributed by atoms with van der Waals surface area (Å²) in [5.41, 5.74) is 3.00. The van der Waals surface area contributed by atoms with Crippen molar-refractivity contribution in [3.63, 3.8) is 0 Å². The van der Waals surface area contributed by atoms with Crippen molar-refractivity contribution < 1.29 is 9.53 Å². The number of carbonyl (C=O) groups excluding carboxylic acids is 1. The standard InChI is InChI=1S/C18H22N2O2/c1-2-19-12-16-9-6-10-17(11-16)20-18(21)14-22-13-15-7-4-3-5-8-15/h3-11,19H,2,12-14H2,1H3,(H,20,21). The summed E-state index contributed by atoms with van der Waals surface area (Å²) >= 11 is 0. The molecule has 2 N–H and O–H groups in total. The topological polar surface area (TPSA) is 50.4 Å². The highest BCUT2D eigenvalue weighted by atomic mass is 16.5. The van der Waals surface area contributed by atoms with Gasteiger partial charge in [0.25, 0.3) is 0 Å². The van der Waals surface area contributed by atoms with E-state index in [0.717, 1.165) is 29.9 Å². The highest BCUT2D eigenvalue weighted by molar-refractivity contribution is 5.91. The first-order valence-corrected chi connectivity index (χ1v) is 7.49. The van der Waals surface area contributed by atoms with E-state index in [1.54, 1.807) is 0 Å². The molecule has 0 unspecified atom stereocenters. The zero-order chi connectivity index (χ0) is 15.6. The molecule has 0 aliphatic heterocycles. The fourth-order valence-electron chi connectivity index (χ4n) is 2.06. The number of hydrogen-bond acceptors (Lipinski definition) is 3. The first-order valence-electron chi connectivity index (χ1n) is 7.49. The Morgan fingerprint density at radius 2 is 1.82 bits per heavy atom. The Morgan fingerprint density at radius 3 is 2.59 bits per heavy atom. The van der Waals surface area contributed by atoms with Crippen LogP contribution in [0.2, 0.25) is 0 Å². The Bertz CT molecular complexity index is 585. The minimum Gasteiger partial charge on any atom is -0.367 e. The lowest BCUT2D eigenvalue weighted by Gasteiger charge is -2.08. The van der Waals surface area contributed by atoms with E-state index in [4.69, 9.17) is 4.74 Å². The second-order valence-corrected chi connectivity index (χ2v) is 5.01. The van der Waals surface area contributed by atoms with Gasteiger partial charge in [-0.05, 0) is 29.8 Å². The number of benzene rings is 2. The number of hydrogen-bond donors (Lipinski definition) is 2. The van der Waals surface area contributed by atoms with Crippen LogP contribution in [0, 0.1) is 0 Å². The molecule has 0 aromatic heterocycles. The first kappa shape index (κ1) is 16.2. The van der Waals surface area contributed by atoms with E-state index in [0.29, 0.717) is 6.61 Å². The van der Waals surface area contributed by atoms with Crippen LogP contribution in [0.3, 0.4) is 0 Å². The van der Waals surface area contributed by atoms with Crippen molar-refractivity contribution in [3.05, 3.63) is 65.7 Å². The van der Waals surface area contributed by atoms with Gasteiger partial charge in [0.15, 0.2) is 0 Å². The van der Waals surface area contributed by atoms with Crippen molar-refractivity contribution in [2.24, 2.45) is 0 Å². The van der Waals surface area contributed by atoms with Crippen molar-refractivity contribution in [2.45, 2.75) is 20.1 Å². The molecule has 0 aliphatic rings. The van der Waals surface area contributed by atoms with Crippen LogP contribution >= 0.6 is 0 Å². The Kier molecular flexibility index (Phi) is 6.61. The molecular formula is C18H22N2O2. The Morgan fingerprint density at radius 1 is 1.05 bits per heavy atom. The van der Waals surface area contributed by atoms with Crippen LogP contribution in [0.25, 0.3) is 0 Å². The number of carbonyl (C=O) groups is 1. The van der Waals surface area contributed by atoms with Crippen LogP contribution in [-0.2, 0) is 22.7 Å². The summed E-state index contributed by atoms with van der Waals surface area (Å²) < 4.78 is 5.42. The molecule has 0 heterocycles. The predicted octanol–water partition coefficient (Wildman–Crippen LogP) is 2.95. The normalized spacial score (nSPS) is 10.4. The minimum atomic E-state index is -0.142. The molecule has 0 spiro atoms. The Hall–Kier alpha value is -2.17. The molecule has 22 heavy (non-hydrogen) atoms. The van der Waals surface area contributed by atoms with Crippen molar-refractivity contribution in [3.8, 4) is 0 Å². The van der Waals surface area contributed by atoms with Gasteiger partial charge < -0.3 is 15.4 Å². The van der Waals surface area contributed by atoms with E-state index in [-0.39, 0.29) is 12.5 Å². The van der Waals surface area contributed by atoms with E-state index < -0.39 is 0 Å². The number of anilines is 1. The zero-order valence-corrected chi connectivity index (χ0v) is 12.8. The summed E-state index contributed by atoms with van der Waals surface area (Å²) in [4.78, 5) is 11.9. The van der Waals surface area contributed by atoms with E-state index >= 15 is 0 Å². The SMILES string of the molecule is CCNCc1cccc(NC(=O)COCc2ccccc2)c1. The highest BCUT2D eigenvalue weighted by Crippen LogP contribution is 2.10. The average Bonchev–Trinajstić information content (AvgIpc) is 2.54. The molecular weight excluding hydrogens is 276 g/mol. The molecule has 0 saturated carbocycles. The van der Waals surface area contributed by atoms with Gasteiger partial charge in [0, 0.05) is 12.2 Å². The highest BCUT2D eigenvalue weighted by Gasteiger charge is 2.03. The summed E-state index contributed by atoms with van der Waals surface area (Å²) in [6.07, 6.45) is 0. The zero-order valence-electron chi connectivity index (χ0n) is 12.8. The summed E-state index contributed by atoms with van der Waals surface area (Å²) in [5, 5.41) is 6.11. The number of nitrogens with one attached hydrogen (secondary N) is 2. The molecule has 1 amide bonds. The van der Waals surface area contributed by atoms with Gasteiger partial charge in [0.1, 0.15) is 6.61 Å². The van der Waals surface area contributed by atoms with Crippen LogP contribution in [0.1, 0.15) is 18.1 Å². The second-order valence-electron chi connectivity index (χ2n) is 5.01. The third-order valence-corrected chi connectivity index (χ3v) is 3.13. The minimum absolute atomic E-state index is 0.0479. The van der Waals surface area contributed by atoms with Crippen LogP contribution < -0.4 is 10.6 Å². The maximum Gasteiger partial charge on any atom is 0.250 e. The molecule has 116 valence electrons. The van der Waals surface area contributed by atoms with Gasteiger partial charge in [-0.2, -0.15) is 0 Å². The van der Waals surface area contributed by atoms with Gasteiger partial charge >= 0.3 is 0 Å². The molecule has 2 rings (SSSR count). The van der Waals surface area contributed by atoms with Crippen molar-refractivity contribution in [1.82, 2.24) is 5.32 Å². The van der Waals surface area contributed by atoms with Crippen molar-refractivity contribution >= 4 is 11.6 Å². The third-order valence-electron chi connectivity index (χ3n) is 3.13. The lowest BCUT2D eigenvalue weighted by molar-refractivity contribution is -0.121. The molecule has 4 heteroatoms. The fraction of sp³-hybridized carbons (Fsp3) is 0.278. The third kappa shape index (κ3) is 5.68. The van der Waals surface area contributed by atoms with Crippen LogP contribution in [0.15, 0.2) is 54.6 Å². The maximum absolute atomic E-state index is 11.9. The predicted molar refractivity (Wildman–Crippen MR) is 88.6 cm³/mol. The lowest BCUT2D eigenvalue weighted by Crippen LogP contribution is -2.18. The molecule has 0 radical (unpaired) electrons. The van der Waals surface area contributed by atoms with Crippen molar-refractivity contribution in [1.29, 1.82) is 0 Å². The number of amides is 1. The van der Waals surface area contributed by atoms with E-state index in [9.17, 15) is 4.79 Å². The molecule has 0 atom stereocenters. The molecule has 0 aliphatic carbocycles. The summed E-state index contributed by atoms with van der Waals surface area (Å²) in [5.74, 6) is -0.142. The van der Waals surface area contributed by atoms with Crippen molar-refractivity contribution in [2.75, 3.05) is 18.5 Å². The smallest absolute Gasteiger partial charge is 0.250 e. The van der Waals surface area contributed by atoms with Crippen LogP contribution in [0.5, 0.6) is 0 Å². The van der Waals surface area contributed by atoms with Gasteiger partial charge in [-0.15, -0.1) is 0 Å². The van der Waals surface area contributed by atoms with E-state index in [2.05, 4.69) is 17.6 Å². The van der Waals surface area contributed by atoms with Gasteiger partial charge in [0.2, 0.25) is 5.91 Å².